The molecule has 0 saturated heterocycles. The summed E-state index contributed by atoms with van der Waals surface area (Å²) in [5.41, 5.74) is 1.30. The first-order valence-corrected chi connectivity index (χ1v) is 7.70. The van der Waals surface area contributed by atoms with E-state index in [0.29, 0.717) is 19.0 Å². The van der Waals surface area contributed by atoms with E-state index in [1.165, 1.54) is 5.56 Å². The Balaban J connectivity index is 1.65. The SMILES string of the molecule is C[C@@H](Cn1ccnc1)NC(=O)NCC[C@H](C)c1ccccc1. The van der Waals surface area contributed by atoms with Crippen LogP contribution in [0.25, 0.3) is 0 Å². The minimum absolute atomic E-state index is 0.0562. The standard InChI is InChI=1S/C17H24N4O/c1-14(16-6-4-3-5-7-16)8-9-19-17(22)20-15(2)12-21-11-10-18-13-21/h3-7,10-11,13-15H,8-9,12H2,1-2H3,(H2,19,20,22)/t14-,15-/m0/s1. The summed E-state index contributed by atoms with van der Waals surface area (Å²) in [6, 6.07) is 10.3. The Bertz CT molecular complexity index is 553. The third-order valence-electron chi connectivity index (χ3n) is 3.65. The van der Waals surface area contributed by atoms with Crippen molar-refractivity contribution < 1.29 is 4.79 Å². The van der Waals surface area contributed by atoms with Gasteiger partial charge in [-0.3, -0.25) is 0 Å². The van der Waals surface area contributed by atoms with Gasteiger partial charge in [-0.05, 0) is 24.8 Å². The lowest BCUT2D eigenvalue weighted by Crippen LogP contribution is -2.42. The highest BCUT2D eigenvalue weighted by Gasteiger charge is 2.09. The first-order valence-electron chi connectivity index (χ1n) is 7.70. The number of nitrogens with one attached hydrogen (secondary N) is 2. The number of imidazole rings is 1. The highest BCUT2D eigenvalue weighted by atomic mass is 16.2. The lowest BCUT2D eigenvalue weighted by Gasteiger charge is -2.16. The van der Waals surface area contributed by atoms with E-state index in [2.05, 4.69) is 34.7 Å². The molecule has 1 heterocycles. The van der Waals surface area contributed by atoms with Crippen LogP contribution in [0.3, 0.4) is 0 Å². The second kappa shape index (κ2) is 8.22. The Morgan fingerprint density at radius 1 is 1.27 bits per heavy atom. The number of amides is 2. The molecule has 2 atom stereocenters. The van der Waals surface area contributed by atoms with E-state index in [1.807, 2.05) is 35.9 Å². The van der Waals surface area contributed by atoms with Crippen LogP contribution < -0.4 is 10.6 Å². The number of carbonyl (C=O) groups is 1. The van der Waals surface area contributed by atoms with Gasteiger partial charge in [0.1, 0.15) is 0 Å². The van der Waals surface area contributed by atoms with Gasteiger partial charge in [-0.15, -0.1) is 0 Å². The molecule has 2 amide bonds. The van der Waals surface area contributed by atoms with E-state index < -0.39 is 0 Å². The second-order valence-corrected chi connectivity index (χ2v) is 5.66. The molecule has 0 aliphatic heterocycles. The Kier molecular flexibility index (Phi) is 6.01. The van der Waals surface area contributed by atoms with Crippen LogP contribution in [0.2, 0.25) is 0 Å². The number of carbonyl (C=O) groups excluding carboxylic acids is 1. The highest BCUT2D eigenvalue weighted by molar-refractivity contribution is 5.74. The molecule has 22 heavy (non-hydrogen) atoms. The number of rotatable bonds is 7. The Morgan fingerprint density at radius 3 is 2.73 bits per heavy atom. The molecule has 0 saturated carbocycles. The van der Waals surface area contributed by atoms with Gasteiger partial charge in [0, 0.05) is 31.5 Å². The van der Waals surface area contributed by atoms with Crippen LogP contribution in [0.15, 0.2) is 49.1 Å². The fourth-order valence-electron chi connectivity index (χ4n) is 2.38. The molecule has 2 rings (SSSR count). The lowest BCUT2D eigenvalue weighted by atomic mass is 9.98. The molecule has 0 aliphatic carbocycles. The molecule has 0 bridgehead atoms. The van der Waals surface area contributed by atoms with Crippen molar-refractivity contribution in [1.29, 1.82) is 0 Å². The summed E-state index contributed by atoms with van der Waals surface area (Å²) in [5, 5.41) is 5.85. The fourth-order valence-corrected chi connectivity index (χ4v) is 2.38. The average molecular weight is 300 g/mol. The Hall–Kier alpha value is -2.30. The number of aromatic nitrogens is 2. The summed E-state index contributed by atoms with van der Waals surface area (Å²) in [7, 11) is 0. The van der Waals surface area contributed by atoms with Gasteiger partial charge in [0.2, 0.25) is 0 Å². The number of benzene rings is 1. The molecule has 118 valence electrons. The van der Waals surface area contributed by atoms with Crippen molar-refractivity contribution >= 4 is 6.03 Å². The van der Waals surface area contributed by atoms with Crippen molar-refractivity contribution in [3.63, 3.8) is 0 Å². The molecule has 0 radical (unpaired) electrons. The van der Waals surface area contributed by atoms with Gasteiger partial charge in [-0.1, -0.05) is 37.3 Å². The molecule has 2 aromatic rings. The maximum Gasteiger partial charge on any atom is 0.315 e. The topological polar surface area (TPSA) is 59.0 Å². The van der Waals surface area contributed by atoms with Crippen molar-refractivity contribution in [2.24, 2.45) is 0 Å². The number of hydrogen-bond acceptors (Lipinski definition) is 2. The summed E-state index contributed by atoms with van der Waals surface area (Å²) in [5.74, 6) is 0.435. The van der Waals surface area contributed by atoms with Gasteiger partial charge >= 0.3 is 6.03 Å². The van der Waals surface area contributed by atoms with E-state index in [9.17, 15) is 4.79 Å². The monoisotopic (exact) mass is 300 g/mol. The molecule has 5 heteroatoms. The second-order valence-electron chi connectivity index (χ2n) is 5.66. The van der Waals surface area contributed by atoms with Gasteiger partial charge < -0.3 is 15.2 Å². The predicted octanol–water partition coefficient (Wildman–Crippen LogP) is 2.76. The third kappa shape index (κ3) is 5.24. The molecular weight excluding hydrogens is 276 g/mol. The van der Waals surface area contributed by atoms with Crippen molar-refractivity contribution in [2.45, 2.75) is 38.8 Å². The van der Waals surface area contributed by atoms with E-state index in [4.69, 9.17) is 0 Å². The molecule has 0 aliphatic rings. The highest BCUT2D eigenvalue weighted by Crippen LogP contribution is 2.17. The third-order valence-corrected chi connectivity index (χ3v) is 3.65. The van der Waals surface area contributed by atoms with Crippen molar-refractivity contribution in [3.05, 3.63) is 54.6 Å². The maximum absolute atomic E-state index is 11.9. The van der Waals surface area contributed by atoms with Crippen molar-refractivity contribution in [1.82, 2.24) is 20.2 Å². The first-order chi connectivity index (χ1) is 10.6. The molecule has 5 nitrogen and oxygen atoms in total. The zero-order valence-electron chi connectivity index (χ0n) is 13.2. The molecule has 0 spiro atoms. The van der Waals surface area contributed by atoms with E-state index in [0.717, 1.165) is 6.42 Å². The van der Waals surface area contributed by atoms with E-state index in [1.54, 1.807) is 12.5 Å². The van der Waals surface area contributed by atoms with Gasteiger partial charge in [0.25, 0.3) is 0 Å². The summed E-state index contributed by atoms with van der Waals surface area (Å²) in [4.78, 5) is 15.8. The molecule has 1 aromatic carbocycles. The molecule has 1 aromatic heterocycles. The van der Waals surface area contributed by atoms with Crippen LogP contribution in [-0.4, -0.2) is 28.2 Å². The van der Waals surface area contributed by atoms with Crippen molar-refractivity contribution in [2.75, 3.05) is 6.54 Å². The maximum atomic E-state index is 11.9. The smallest absolute Gasteiger partial charge is 0.315 e. The van der Waals surface area contributed by atoms with Gasteiger partial charge in [0.05, 0.1) is 6.33 Å². The zero-order valence-corrected chi connectivity index (χ0v) is 13.2. The Labute approximate surface area is 131 Å². The van der Waals surface area contributed by atoms with Crippen LogP contribution in [0.4, 0.5) is 4.79 Å². The van der Waals surface area contributed by atoms with Crippen LogP contribution in [0.5, 0.6) is 0 Å². The number of nitrogens with zero attached hydrogens (tertiary/aromatic N) is 2. The van der Waals surface area contributed by atoms with E-state index in [-0.39, 0.29) is 12.1 Å². The summed E-state index contributed by atoms with van der Waals surface area (Å²) < 4.78 is 1.95. The Morgan fingerprint density at radius 2 is 2.05 bits per heavy atom. The van der Waals surface area contributed by atoms with Crippen molar-refractivity contribution in [3.8, 4) is 0 Å². The molecule has 0 unspecified atom stereocenters. The number of hydrogen-bond donors (Lipinski definition) is 2. The number of urea groups is 1. The minimum atomic E-state index is -0.118. The predicted molar refractivity (Wildman–Crippen MR) is 87.7 cm³/mol. The van der Waals surface area contributed by atoms with Crippen LogP contribution in [0, 0.1) is 0 Å². The van der Waals surface area contributed by atoms with Gasteiger partial charge in [0.15, 0.2) is 0 Å². The largest absolute Gasteiger partial charge is 0.338 e. The van der Waals surface area contributed by atoms with Crippen LogP contribution >= 0.6 is 0 Å². The summed E-state index contributed by atoms with van der Waals surface area (Å²) in [6.07, 6.45) is 6.29. The summed E-state index contributed by atoms with van der Waals surface area (Å²) >= 11 is 0. The first kappa shape index (κ1) is 16.1. The molecule has 2 N–H and O–H groups in total. The molecular formula is C17H24N4O. The normalized spacial score (nSPS) is 13.4. The molecule has 0 fully saturated rings. The average Bonchev–Trinajstić information content (AvgIpc) is 3.00. The van der Waals surface area contributed by atoms with Crippen LogP contribution in [0.1, 0.15) is 31.7 Å². The van der Waals surface area contributed by atoms with Gasteiger partial charge in [-0.25, -0.2) is 9.78 Å². The van der Waals surface area contributed by atoms with E-state index >= 15 is 0 Å². The summed E-state index contributed by atoms with van der Waals surface area (Å²) in [6.45, 7) is 5.54. The fraction of sp³-hybridized carbons (Fsp3) is 0.412. The van der Waals surface area contributed by atoms with Gasteiger partial charge in [-0.2, -0.15) is 0 Å². The van der Waals surface area contributed by atoms with Crippen LogP contribution in [-0.2, 0) is 6.54 Å². The minimum Gasteiger partial charge on any atom is -0.338 e. The lowest BCUT2D eigenvalue weighted by molar-refractivity contribution is 0.236. The zero-order chi connectivity index (χ0) is 15.8. The quantitative estimate of drug-likeness (QED) is 0.826.